The van der Waals surface area contributed by atoms with Gasteiger partial charge in [0.25, 0.3) is 0 Å². The van der Waals surface area contributed by atoms with Gasteiger partial charge in [-0.2, -0.15) is 5.10 Å². The fraction of sp³-hybridized carbons (Fsp3) is 0.400. The molecule has 0 radical (unpaired) electrons. The average molecular weight is 435 g/mol. The molecular formula is C20H20Cl2N4O3. The number of nitrogens with one attached hydrogen (secondary N) is 1. The number of carbonyl (C=O) groups is 1. The van der Waals surface area contributed by atoms with Crippen LogP contribution in [0.2, 0.25) is 10.0 Å². The molecule has 0 spiro atoms. The Morgan fingerprint density at radius 1 is 1.17 bits per heavy atom. The van der Waals surface area contributed by atoms with E-state index in [9.17, 15) is 4.79 Å². The van der Waals surface area contributed by atoms with E-state index in [1.54, 1.807) is 6.20 Å². The Hall–Kier alpha value is -2.06. The standard InChI is InChI=1S/C20H20Cl2N4O3/c21-15-2-1-14-17(12-7-23-24-8-12)16-9-25(3-4-26(16)19(14)18(15)22)20(27)13-10-28-5-6-29-11-13/h1-2,7-8,13H,3-6,9-11H2,(H,23,24). The summed E-state index contributed by atoms with van der Waals surface area (Å²) in [6.07, 6.45) is 3.64. The van der Waals surface area contributed by atoms with E-state index in [4.69, 9.17) is 32.7 Å². The quantitative estimate of drug-likeness (QED) is 0.670. The van der Waals surface area contributed by atoms with Gasteiger partial charge in [-0.25, -0.2) is 0 Å². The minimum atomic E-state index is -0.274. The Morgan fingerprint density at radius 2 is 1.97 bits per heavy atom. The molecule has 29 heavy (non-hydrogen) atoms. The molecule has 0 unspecified atom stereocenters. The Labute approximate surface area is 177 Å². The van der Waals surface area contributed by atoms with Crippen LogP contribution in [0.3, 0.4) is 0 Å². The first-order valence-electron chi connectivity index (χ1n) is 9.57. The van der Waals surface area contributed by atoms with Gasteiger partial charge in [-0.15, -0.1) is 0 Å². The second-order valence-corrected chi connectivity index (χ2v) is 8.11. The number of halogens is 2. The fourth-order valence-electron chi connectivity index (χ4n) is 4.24. The van der Waals surface area contributed by atoms with E-state index in [1.165, 1.54) is 0 Å². The van der Waals surface area contributed by atoms with Gasteiger partial charge in [0, 0.05) is 41.5 Å². The van der Waals surface area contributed by atoms with Crippen LogP contribution in [0.5, 0.6) is 0 Å². The van der Waals surface area contributed by atoms with E-state index in [2.05, 4.69) is 14.8 Å². The van der Waals surface area contributed by atoms with Gasteiger partial charge in [-0.1, -0.05) is 29.3 Å². The van der Waals surface area contributed by atoms with Gasteiger partial charge in [0.2, 0.25) is 5.91 Å². The highest BCUT2D eigenvalue weighted by atomic mass is 35.5. The molecule has 0 saturated carbocycles. The molecule has 152 valence electrons. The Kier molecular flexibility index (Phi) is 4.99. The minimum absolute atomic E-state index is 0.0608. The maximum absolute atomic E-state index is 13.1. The van der Waals surface area contributed by atoms with Crippen molar-refractivity contribution in [2.24, 2.45) is 5.92 Å². The molecule has 0 bridgehead atoms. The van der Waals surface area contributed by atoms with Crippen LogP contribution in [0.1, 0.15) is 5.69 Å². The fourth-order valence-corrected chi connectivity index (χ4v) is 4.66. The lowest BCUT2D eigenvalue weighted by Gasteiger charge is -2.32. The van der Waals surface area contributed by atoms with Crippen LogP contribution in [-0.2, 0) is 27.4 Å². The molecule has 0 aliphatic carbocycles. The first-order chi connectivity index (χ1) is 14.1. The van der Waals surface area contributed by atoms with Crippen molar-refractivity contribution in [1.82, 2.24) is 19.7 Å². The predicted molar refractivity (Wildman–Crippen MR) is 110 cm³/mol. The number of hydrogen-bond donors (Lipinski definition) is 1. The summed E-state index contributed by atoms with van der Waals surface area (Å²) < 4.78 is 13.2. The molecule has 2 aromatic heterocycles. The van der Waals surface area contributed by atoms with Gasteiger partial charge in [-0.05, 0) is 6.07 Å². The van der Waals surface area contributed by atoms with Crippen molar-refractivity contribution in [2.75, 3.05) is 33.0 Å². The second-order valence-electron chi connectivity index (χ2n) is 7.32. The van der Waals surface area contributed by atoms with E-state index in [-0.39, 0.29) is 11.8 Å². The van der Waals surface area contributed by atoms with Gasteiger partial charge >= 0.3 is 0 Å². The molecule has 0 atom stereocenters. The number of rotatable bonds is 2. The monoisotopic (exact) mass is 434 g/mol. The van der Waals surface area contributed by atoms with Crippen LogP contribution in [0.25, 0.3) is 22.0 Å². The number of aromatic amines is 1. The van der Waals surface area contributed by atoms with Crippen molar-refractivity contribution in [1.29, 1.82) is 0 Å². The number of nitrogens with zero attached hydrogens (tertiary/aromatic N) is 3. The molecule has 2 aliphatic rings. The molecule has 1 aromatic carbocycles. The molecule has 1 amide bonds. The van der Waals surface area contributed by atoms with Crippen LogP contribution in [0.4, 0.5) is 0 Å². The summed E-state index contributed by atoms with van der Waals surface area (Å²) in [4.78, 5) is 15.0. The van der Waals surface area contributed by atoms with Crippen molar-refractivity contribution >= 4 is 40.0 Å². The summed E-state index contributed by atoms with van der Waals surface area (Å²) >= 11 is 12.9. The zero-order valence-electron chi connectivity index (χ0n) is 15.7. The molecule has 1 fully saturated rings. The lowest BCUT2D eigenvalue weighted by Crippen LogP contribution is -2.43. The maximum atomic E-state index is 13.1. The van der Waals surface area contributed by atoms with Gasteiger partial charge in [0.15, 0.2) is 0 Å². The number of ether oxygens (including phenoxy) is 2. The first-order valence-corrected chi connectivity index (χ1v) is 10.3. The highest BCUT2D eigenvalue weighted by molar-refractivity contribution is 6.45. The molecule has 1 N–H and O–H groups in total. The normalized spacial score (nSPS) is 18.1. The number of H-pyrrole nitrogens is 1. The first kappa shape index (κ1) is 18.9. The van der Waals surface area contributed by atoms with Gasteiger partial charge < -0.3 is 18.9 Å². The Morgan fingerprint density at radius 3 is 2.69 bits per heavy atom. The number of amides is 1. The third-order valence-electron chi connectivity index (χ3n) is 5.61. The van der Waals surface area contributed by atoms with Crippen molar-refractivity contribution < 1.29 is 14.3 Å². The lowest BCUT2D eigenvalue weighted by molar-refractivity contribution is -0.139. The highest BCUT2D eigenvalue weighted by Crippen LogP contribution is 2.42. The smallest absolute Gasteiger partial charge is 0.230 e. The number of hydrogen-bond acceptors (Lipinski definition) is 4. The molecule has 4 heterocycles. The van der Waals surface area contributed by atoms with Gasteiger partial charge in [0.1, 0.15) is 0 Å². The van der Waals surface area contributed by atoms with E-state index in [1.807, 2.05) is 23.2 Å². The molecule has 7 nitrogen and oxygen atoms in total. The third kappa shape index (κ3) is 3.22. The van der Waals surface area contributed by atoms with Crippen molar-refractivity contribution in [2.45, 2.75) is 13.1 Å². The summed E-state index contributed by atoms with van der Waals surface area (Å²) in [6, 6.07) is 3.79. The summed E-state index contributed by atoms with van der Waals surface area (Å²) in [5.41, 5.74) is 3.91. The van der Waals surface area contributed by atoms with Crippen LogP contribution in [0.15, 0.2) is 24.5 Å². The molecule has 1 saturated heterocycles. The Bertz CT molecular complexity index is 1060. The molecule has 5 rings (SSSR count). The number of carbonyl (C=O) groups excluding carboxylic acids is 1. The zero-order chi connectivity index (χ0) is 20.0. The SMILES string of the molecule is O=C(C1COCCOC1)N1CCn2c(c(-c3cn[nH]c3)c3ccc(Cl)c(Cl)c32)C1. The van der Waals surface area contributed by atoms with Crippen LogP contribution < -0.4 is 0 Å². The van der Waals surface area contributed by atoms with Crippen molar-refractivity contribution in [3.8, 4) is 11.1 Å². The number of fused-ring (bicyclic) bond motifs is 3. The van der Waals surface area contributed by atoms with E-state index in [0.717, 1.165) is 27.7 Å². The summed E-state index contributed by atoms with van der Waals surface area (Å²) in [7, 11) is 0. The van der Waals surface area contributed by atoms with E-state index in [0.29, 0.717) is 56.1 Å². The van der Waals surface area contributed by atoms with Crippen LogP contribution in [0, 0.1) is 5.92 Å². The van der Waals surface area contributed by atoms with Crippen molar-refractivity contribution in [3.63, 3.8) is 0 Å². The molecule has 3 aromatic rings. The number of aromatic nitrogens is 3. The van der Waals surface area contributed by atoms with Gasteiger partial charge in [0.05, 0.1) is 60.6 Å². The maximum Gasteiger partial charge on any atom is 0.230 e. The van der Waals surface area contributed by atoms with E-state index < -0.39 is 0 Å². The topological polar surface area (TPSA) is 72.4 Å². The average Bonchev–Trinajstić information content (AvgIpc) is 3.27. The summed E-state index contributed by atoms with van der Waals surface area (Å²) in [5, 5.41) is 9.04. The van der Waals surface area contributed by atoms with Gasteiger partial charge in [-0.3, -0.25) is 9.89 Å². The van der Waals surface area contributed by atoms with Crippen LogP contribution in [-0.4, -0.2) is 58.5 Å². The zero-order valence-corrected chi connectivity index (χ0v) is 17.2. The molecule has 9 heteroatoms. The largest absolute Gasteiger partial charge is 0.378 e. The summed E-state index contributed by atoms with van der Waals surface area (Å²) in [6.45, 7) is 3.58. The highest BCUT2D eigenvalue weighted by Gasteiger charge is 2.32. The lowest BCUT2D eigenvalue weighted by atomic mass is 10.0. The van der Waals surface area contributed by atoms with Crippen molar-refractivity contribution in [3.05, 3.63) is 40.3 Å². The molecular weight excluding hydrogens is 415 g/mol. The third-order valence-corrected chi connectivity index (χ3v) is 6.41. The van der Waals surface area contributed by atoms with E-state index >= 15 is 0 Å². The minimum Gasteiger partial charge on any atom is -0.378 e. The Balaban J connectivity index is 1.58. The predicted octanol–water partition coefficient (Wildman–Crippen LogP) is 3.34. The summed E-state index contributed by atoms with van der Waals surface area (Å²) in [5.74, 6) is -0.213. The molecule has 2 aliphatic heterocycles. The van der Waals surface area contributed by atoms with Crippen LogP contribution >= 0.6 is 23.2 Å². The number of benzene rings is 1. The second kappa shape index (κ2) is 7.65.